The van der Waals surface area contributed by atoms with E-state index in [4.69, 9.17) is 10.2 Å². The summed E-state index contributed by atoms with van der Waals surface area (Å²) in [5.74, 6) is -2.30. The number of carboxylic acids is 2. The molecule has 0 heterocycles. The molecule has 1 aromatic carbocycles. The molecule has 0 aromatic heterocycles. The van der Waals surface area contributed by atoms with E-state index in [9.17, 15) is 9.59 Å². The Balaban J connectivity index is 3.27. The van der Waals surface area contributed by atoms with E-state index in [0.29, 0.717) is 4.47 Å². The van der Waals surface area contributed by atoms with Crippen LogP contribution in [0, 0.1) is 0 Å². The summed E-state index contributed by atoms with van der Waals surface area (Å²) in [6.07, 6.45) is 0. The highest BCUT2D eigenvalue weighted by atomic mass is 79.9. The van der Waals surface area contributed by atoms with Crippen LogP contribution in [-0.4, -0.2) is 22.2 Å². The van der Waals surface area contributed by atoms with Gasteiger partial charge in [0, 0.05) is 4.47 Å². The van der Waals surface area contributed by atoms with Crippen LogP contribution in [0.3, 0.4) is 0 Å². The third kappa shape index (κ3) is 2.06. The van der Waals surface area contributed by atoms with Crippen LogP contribution in [0.5, 0.6) is 0 Å². The predicted molar refractivity (Wildman–Crippen MR) is 48.1 cm³/mol. The van der Waals surface area contributed by atoms with Crippen molar-refractivity contribution in [2.24, 2.45) is 0 Å². The molecule has 0 bridgehead atoms. The van der Waals surface area contributed by atoms with E-state index in [1.165, 1.54) is 12.1 Å². The minimum absolute atomic E-state index is 0.0411. The summed E-state index contributed by atoms with van der Waals surface area (Å²) < 4.78 is 0.366. The van der Waals surface area contributed by atoms with E-state index in [-0.39, 0.29) is 11.1 Å². The number of carbonyl (C=O) groups is 2. The van der Waals surface area contributed by atoms with Crippen LogP contribution in [0.15, 0.2) is 22.7 Å². The third-order valence-corrected chi connectivity index (χ3v) is 2.14. The van der Waals surface area contributed by atoms with Crippen molar-refractivity contribution in [3.05, 3.63) is 33.8 Å². The van der Waals surface area contributed by atoms with Gasteiger partial charge in [-0.1, -0.05) is 0 Å². The van der Waals surface area contributed by atoms with Gasteiger partial charge in [0.15, 0.2) is 0 Å². The molecule has 0 atom stereocenters. The molecule has 0 saturated heterocycles. The first-order valence-corrected chi connectivity index (χ1v) is 4.08. The molecule has 0 aliphatic rings. The molecule has 0 spiro atoms. The quantitative estimate of drug-likeness (QED) is 0.833. The third-order valence-electron chi connectivity index (χ3n) is 1.44. The van der Waals surface area contributed by atoms with Gasteiger partial charge in [0.1, 0.15) is 0 Å². The van der Waals surface area contributed by atoms with Gasteiger partial charge in [0.05, 0.1) is 11.1 Å². The predicted octanol–water partition coefficient (Wildman–Crippen LogP) is 1.85. The van der Waals surface area contributed by atoms with Crippen molar-refractivity contribution in [1.82, 2.24) is 0 Å². The largest absolute Gasteiger partial charge is 0.478 e. The first-order chi connectivity index (χ1) is 6.02. The number of aromatic carboxylic acids is 2. The fourth-order valence-electron chi connectivity index (χ4n) is 0.822. The van der Waals surface area contributed by atoms with Gasteiger partial charge in [-0.3, -0.25) is 0 Å². The highest BCUT2D eigenvalue weighted by Crippen LogP contribution is 2.18. The van der Waals surface area contributed by atoms with Gasteiger partial charge in [0.25, 0.3) is 0 Å². The topological polar surface area (TPSA) is 74.6 Å². The van der Waals surface area contributed by atoms with Crippen molar-refractivity contribution in [1.29, 1.82) is 0 Å². The standard InChI is InChI=1S/C8H5BrO4/c9-6-2-1-4(7(10)11)3-5(6)8(12)13/h1-3H,(H,10,11)(H,12,13). The zero-order valence-electron chi connectivity index (χ0n) is 6.32. The van der Waals surface area contributed by atoms with Crippen molar-refractivity contribution in [3.63, 3.8) is 0 Å². The Kier molecular flexibility index (Phi) is 2.67. The van der Waals surface area contributed by atoms with Crippen LogP contribution in [0.2, 0.25) is 0 Å². The second-order valence-electron chi connectivity index (χ2n) is 2.30. The van der Waals surface area contributed by atoms with Crippen molar-refractivity contribution < 1.29 is 19.8 Å². The number of rotatable bonds is 2. The lowest BCUT2D eigenvalue weighted by Gasteiger charge is -1.99. The molecule has 4 nitrogen and oxygen atoms in total. The Morgan fingerprint density at radius 1 is 1.15 bits per heavy atom. The zero-order valence-corrected chi connectivity index (χ0v) is 7.91. The molecule has 0 unspecified atom stereocenters. The molecule has 0 radical (unpaired) electrons. The monoisotopic (exact) mass is 244 g/mol. The summed E-state index contributed by atoms with van der Waals surface area (Å²) in [7, 11) is 0. The van der Waals surface area contributed by atoms with Crippen LogP contribution in [0.4, 0.5) is 0 Å². The number of benzene rings is 1. The van der Waals surface area contributed by atoms with E-state index < -0.39 is 11.9 Å². The zero-order chi connectivity index (χ0) is 10.0. The van der Waals surface area contributed by atoms with E-state index in [1.54, 1.807) is 0 Å². The molecular formula is C8H5BrO4. The van der Waals surface area contributed by atoms with Crippen LogP contribution >= 0.6 is 15.9 Å². The minimum Gasteiger partial charge on any atom is -0.478 e. The molecule has 0 amide bonds. The lowest BCUT2D eigenvalue weighted by atomic mass is 10.1. The van der Waals surface area contributed by atoms with Gasteiger partial charge in [0.2, 0.25) is 0 Å². The molecular weight excluding hydrogens is 240 g/mol. The maximum atomic E-state index is 10.6. The molecule has 68 valence electrons. The number of hydrogen-bond donors (Lipinski definition) is 2. The summed E-state index contributed by atoms with van der Waals surface area (Å²) in [6.45, 7) is 0. The molecule has 2 N–H and O–H groups in total. The van der Waals surface area contributed by atoms with E-state index in [0.717, 1.165) is 6.07 Å². The molecule has 0 aliphatic carbocycles. The van der Waals surface area contributed by atoms with Gasteiger partial charge in [-0.15, -0.1) is 0 Å². The molecule has 1 rings (SSSR count). The number of halogens is 1. The van der Waals surface area contributed by atoms with E-state index >= 15 is 0 Å². The Labute approximate surface area is 81.9 Å². The molecule has 13 heavy (non-hydrogen) atoms. The number of carboxylic acid groups (broad SMARTS) is 2. The molecule has 5 heteroatoms. The fourth-order valence-corrected chi connectivity index (χ4v) is 1.24. The van der Waals surface area contributed by atoms with Gasteiger partial charge in [-0.2, -0.15) is 0 Å². The normalized spacial score (nSPS) is 9.62. The second kappa shape index (κ2) is 3.57. The SMILES string of the molecule is O=C(O)c1ccc(Br)c(C(=O)O)c1. The van der Waals surface area contributed by atoms with E-state index in [1.807, 2.05) is 0 Å². The maximum absolute atomic E-state index is 10.6. The smallest absolute Gasteiger partial charge is 0.336 e. The van der Waals surface area contributed by atoms with Crippen molar-refractivity contribution >= 4 is 27.9 Å². The summed E-state index contributed by atoms with van der Waals surface area (Å²) in [4.78, 5) is 21.1. The van der Waals surface area contributed by atoms with Crippen molar-refractivity contribution in [2.45, 2.75) is 0 Å². The lowest BCUT2D eigenvalue weighted by molar-refractivity contribution is 0.0695. The summed E-state index contributed by atoms with van der Waals surface area (Å²) in [6, 6.07) is 3.83. The van der Waals surface area contributed by atoms with E-state index in [2.05, 4.69) is 15.9 Å². The summed E-state index contributed by atoms with van der Waals surface area (Å²) in [5.41, 5.74) is -0.0968. The van der Waals surface area contributed by atoms with Gasteiger partial charge in [-0.25, -0.2) is 9.59 Å². The van der Waals surface area contributed by atoms with Crippen molar-refractivity contribution in [2.75, 3.05) is 0 Å². The van der Waals surface area contributed by atoms with Crippen LogP contribution in [0.25, 0.3) is 0 Å². The van der Waals surface area contributed by atoms with Crippen LogP contribution in [-0.2, 0) is 0 Å². The highest BCUT2D eigenvalue weighted by molar-refractivity contribution is 9.10. The maximum Gasteiger partial charge on any atom is 0.336 e. The van der Waals surface area contributed by atoms with Crippen LogP contribution < -0.4 is 0 Å². The number of hydrogen-bond acceptors (Lipinski definition) is 2. The first kappa shape index (κ1) is 9.73. The fraction of sp³-hybridized carbons (Fsp3) is 0. The Morgan fingerprint density at radius 3 is 2.23 bits per heavy atom. The van der Waals surface area contributed by atoms with Gasteiger partial charge in [-0.05, 0) is 34.1 Å². The molecule has 0 aliphatic heterocycles. The first-order valence-electron chi connectivity index (χ1n) is 3.28. The lowest BCUT2D eigenvalue weighted by Crippen LogP contribution is -2.02. The molecule has 1 aromatic rings. The average Bonchev–Trinajstić information content (AvgIpc) is 2.04. The minimum atomic E-state index is -1.16. The summed E-state index contributed by atoms with van der Waals surface area (Å²) >= 11 is 3.01. The molecule has 0 fully saturated rings. The Bertz CT molecular complexity index is 372. The Morgan fingerprint density at radius 2 is 1.77 bits per heavy atom. The highest BCUT2D eigenvalue weighted by Gasteiger charge is 2.11. The second-order valence-corrected chi connectivity index (χ2v) is 3.16. The van der Waals surface area contributed by atoms with Crippen LogP contribution in [0.1, 0.15) is 20.7 Å². The van der Waals surface area contributed by atoms with Gasteiger partial charge < -0.3 is 10.2 Å². The van der Waals surface area contributed by atoms with Crippen molar-refractivity contribution in [3.8, 4) is 0 Å². The van der Waals surface area contributed by atoms with Gasteiger partial charge >= 0.3 is 11.9 Å². The summed E-state index contributed by atoms with van der Waals surface area (Å²) in [5, 5.41) is 17.2. The Hall–Kier alpha value is -1.36. The molecule has 0 saturated carbocycles. The average molecular weight is 245 g/mol.